The van der Waals surface area contributed by atoms with Crippen LogP contribution >= 0.6 is 0 Å². The van der Waals surface area contributed by atoms with Gasteiger partial charge < -0.3 is 16.0 Å². The minimum atomic E-state index is -3.52. The van der Waals surface area contributed by atoms with E-state index in [1.54, 1.807) is 36.4 Å². The molecule has 0 unspecified atom stereocenters. The first-order chi connectivity index (χ1) is 16.8. The summed E-state index contributed by atoms with van der Waals surface area (Å²) in [5.41, 5.74) is 1.68. The summed E-state index contributed by atoms with van der Waals surface area (Å²) < 4.78 is 39.8. The van der Waals surface area contributed by atoms with Crippen LogP contribution in [0.15, 0.2) is 77.7 Å². The number of amides is 2. The number of sulfonamides is 1. The van der Waals surface area contributed by atoms with Gasteiger partial charge in [0.2, 0.25) is 15.9 Å². The van der Waals surface area contributed by atoms with E-state index in [-0.39, 0.29) is 17.3 Å². The van der Waals surface area contributed by atoms with Crippen molar-refractivity contribution in [2.75, 3.05) is 35.6 Å². The number of benzene rings is 3. The van der Waals surface area contributed by atoms with E-state index in [1.807, 2.05) is 0 Å². The topological polar surface area (TPSA) is 108 Å². The van der Waals surface area contributed by atoms with Crippen LogP contribution < -0.4 is 16.0 Å². The molecule has 1 aliphatic heterocycles. The van der Waals surface area contributed by atoms with Gasteiger partial charge in [0, 0.05) is 30.2 Å². The van der Waals surface area contributed by atoms with Gasteiger partial charge in [-0.3, -0.25) is 9.59 Å². The number of carbonyl (C=O) groups excluding carboxylic acids is 2. The number of rotatable bonds is 8. The lowest BCUT2D eigenvalue weighted by atomic mass is 10.1. The van der Waals surface area contributed by atoms with Crippen LogP contribution in [0.4, 0.5) is 21.5 Å². The lowest BCUT2D eigenvalue weighted by Gasteiger charge is -2.16. The van der Waals surface area contributed by atoms with Crippen LogP contribution in [0.5, 0.6) is 0 Å². The molecular formula is C25H25FN4O4S. The quantitative estimate of drug-likeness (QED) is 0.438. The molecule has 0 radical (unpaired) electrons. The number of para-hydroxylation sites is 1. The molecule has 2 amide bonds. The Morgan fingerprint density at radius 1 is 0.829 bits per heavy atom. The van der Waals surface area contributed by atoms with Crippen LogP contribution in [-0.4, -0.2) is 44.2 Å². The van der Waals surface area contributed by atoms with Gasteiger partial charge in [-0.25, -0.2) is 12.8 Å². The molecule has 1 heterocycles. The van der Waals surface area contributed by atoms with Crippen molar-refractivity contribution in [1.82, 2.24) is 4.31 Å². The maximum absolute atomic E-state index is 13.1. The third kappa shape index (κ3) is 6.03. The van der Waals surface area contributed by atoms with Gasteiger partial charge in [-0.2, -0.15) is 4.31 Å². The lowest BCUT2D eigenvalue weighted by molar-refractivity contribution is -0.114. The normalized spacial score (nSPS) is 13.9. The maximum Gasteiger partial charge on any atom is 0.257 e. The monoisotopic (exact) mass is 496 g/mol. The molecule has 1 fully saturated rings. The zero-order valence-corrected chi connectivity index (χ0v) is 19.6. The summed E-state index contributed by atoms with van der Waals surface area (Å²) in [4.78, 5) is 25.3. The second kappa shape index (κ2) is 10.7. The predicted octanol–water partition coefficient (Wildman–Crippen LogP) is 3.91. The number of hydrogen-bond acceptors (Lipinski definition) is 5. The summed E-state index contributed by atoms with van der Waals surface area (Å²) in [6.07, 6.45) is 1.72. The number of halogens is 1. The summed E-state index contributed by atoms with van der Waals surface area (Å²) in [5.74, 6) is -1.18. The Morgan fingerprint density at radius 2 is 1.43 bits per heavy atom. The Morgan fingerprint density at radius 3 is 2.11 bits per heavy atom. The van der Waals surface area contributed by atoms with Crippen molar-refractivity contribution in [3.8, 4) is 0 Å². The number of hydrogen-bond donors (Lipinski definition) is 3. The van der Waals surface area contributed by atoms with Crippen LogP contribution in [0.2, 0.25) is 0 Å². The molecule has 0 aromatic heterocycles. The molecule has 0 aliphatic carbocycles. The molecule has 4 rings (SSSR count). The van der Waals surface area contributed by atoms with Crippen LogP contribution in [0.3, 0.4) is 0 Å². The van der Waals surface area contributed by atoms with Crippen LogP contribution in [0, 0.1) is 5.82 Å². The third-order valence-electron chi connectivity index (χ3n) is 5.55. The Labute approximate surface area is 203 Å². The molecule has 3 N–H and O–H groups in total. The minimum absolute atomic E-state index is 0.116. The molecule has 0 spiro atoms. The molecule has 35 heavy (non-hydrogen) atoms. The Bertz CT molecular complexity index is 1310. The largest absolute Gasteiger partial charge is 0.376 e. The Kier molecular flexibility index (Phi) is 7.42. The molecule has 1 saturated heterocycles. The smallest absolute Gasteiger partial charge is 0.257 e. The van der Waals surface area contributed by atoms with Crippen molar-refractivity contribution < 1.29 is 22.4 Å². The summed E-state index contributed by atoms with van der Waals surface area (Å²) in [6.45, 7) is 0.931. The van der Waals surface area contributed by atoms with Gasteiger partial charge >= 0.3 is 0 Å². The van der Waals surface area contributed by atoms with E-state index in [9.17, 15) is 22.4 Å². The van der Waals surface area contributed by atoms with Gasteiger partial charge in [-0.1, -0.05) is 12.1 Å². The highest BCUT2D eigenvalue weighted by Gasteiger charge is 2.26. The van der Waals surface area contributed by atoms with E-state index in [4.69, 9.17) is 0 Å². The first-order valence-corrected chi connectivity index (χ1v) is 12.6. The second-order valence-corrected chi connectivity index (χ2v) is 9.98. The zero-order valence-electron chi connectivity index (χ0n) is 18.8. The first-order valence-electron chi connectivity index (χ1n) is 11.1. The van der Waals surface area contributed by atoms with E-state index in [0.29, 0.717) is 35.7 Å². The van der Waals surface area contributed by atoms with Crippen molar-refractivity contribution in [2.24, 2.45) is 0 Å². The molecule has 3 aromatic carbocycles. The highest BCUT2D eigenvalue weighted by molar-refractivity contribution is 7.89. The fraction of sp³-hybridized carbons (Fsp3) is 0.200. The lowest BCUT2D eigenvalue weighted by Crippen LogP contribution is -2.27. The molecular weight excluding hydrogens is 471 g/mol. The van der Waals surface area contributed by atoms with Crippen molar-refractivity contribution in [3.05, 3.63) is 84.2 Å². The van der Waals surface area contributed by atoms with Crippen molar-refractivity contribution in [3.63, 3.8) is 0 Å². The second-order valence-electron chi connectivity index (χ2n) is 8.04. The van der Waals surface area contributed by atoms with Crippen molar-refractivity contribution in [2.45, 2.75) is 17.7 Å². The fourth-order valence-corrected chi connectivity index (χ4v) is 5.25. The van der Waals surface area contributed by atoms with Crippen LogP contribution in [0.1, 0.15) is 23.2 Å². The van der Waals surface area contributed by atoms with Gasteiger partial charge in [0.25, 0.3) is 5.91 Å². The highest BCUT2D eigenvalue weighted by atomic mass is 32.2. The maximum atomic E-state index is 13.1. The number of nitrogens with zero attached hydrogens (tertiary/aromatic N) is 1. The van der Waals surface area contributed by atoms with Crippen LogP contribution in [-0.2, 0) is 14.8 Å². The molecule has 0 saturated carbocycles. The summed E-state index contributed by atoms with van der Waals surface area (Å²) >= 11 is 0. The van der Waals surface area contributed by atoms with Gasteiger partial charge in [0.15, 0.2) is 0 Å². The minimum Gasteiger partial charge on any atom is -0.376 e. The average Bonchev–Trinajstić information content (AvgIpc) is 3.41. The van der Waals surface area contributed by atoms with E-state index in [1.165, 1.54) is 40.7 Å². The molecule has 3 aromatic rings. The average molecular weight is 497 g/mol. The van der Waals surface area contributed by atoms with E-state index < -0.39 is 21.7 Å². The van der Waals surface area contributed by atoms with Gasteiger partial charge in [0.1, 0.15) is 5.82 Å². The third-order valence-corrected chi connectivity index (χ3v) is 7.47. The first kappa shape index (κ1) is 24.4. The molecule has 1 aliphatic rings. The van der Waals surface area contributed by atoms with Gasteiger partial charge in [-0.05, 0) is 73.5 Å². The number of anilines is 3. The predicted molar refractivity (Wildman–Crippen MR) is 132 cm³/mol. The fourth-order valence-electron chi connectivity index (χ4n) is 3.74. The molecule has 0 atom stereocenters. The van der Waals surface area contributed by atoms with Crippen molar-refractivity contribution >= 4 is 38.9 Å². The van der Waals surface area contributed by atoms with Crippen molar-refractivity contribution in [1.29, 1.82) is 0 Å². The van der Waals surface area contributed by atoms with E-state index in [0.717, 1.165) is 12.8 Å². The van der Waals surface area contributed by atoms with E-state index >= 15 is 0 Å². The highest BCUT2D eigenvalue weighted by Crippen LogP contribution is 2.22. The molecule has 8 nitrogen and oxygen atoms in total. The molecule has 0 bridgehead atoms. The Hall–Kier alpha value is -3.76. The van der Waals surface area contributed by atoms with E-state index in [2.05, 4.69) is 16.0 Å². The summed E-state index contributed by atoms with van der Waals surface area (Å²) in [5, 5.41) is 8.35. The summed E-state index contributed by atoms with van der Waals surface area (Å²) in [6, 6.07) is 18.2. The van der Waals surface area contributed by atoms with Gasteiger partial charge in [-0.15, -0.1) is 0 Å². The Balaban J connectivity index is 1.35. The molecule has 10 heteroatoms. The zero-order chi connectivity index (χ0) is 24.8. The SMILES string of the molecule is O=C(CNc1ccccc1C(=O)Nc1ccc(F)cc1)Nc1ccc(S(=O)(=O)N2CCCC2)cc1. The standard InChI is InChI=1S/C25H25FN4O4S/c26-18-7-9-20(10-8-18)29-25(32)22-5-1-2-6-23(22)27-17-24(31)28-19-11-13-21(14-12-19)35(33,34)30-15-3-4-16-30/h1-2,5-14,27H,3-4,15-17H2,(H,28,31)(H,29,32). The van der Waals surface area contributed by atoms with Gasteiger partial charge in [0.05, 0.1) is 17.0 Å². The number of nitrogens with one attached hydrogen (secondary N) is 3. The summed E-state index contributed by atoms with van der Waals surface area (Å²) in [7, 11) is -3.52. The van der Waals surface area contributed by atoms with Crippen LogP contribution in [0.25, 0.3) is 0 Å². The molecule has 182 valence electrons. The number of carbonyl (C=O) groups is 2.